The van der Waals surface area contributed by atoms with Gasteiger partial charge < -0.3 is 20.1 Å². The van der Waals surface area contributed by atoms with Crippen molar-refractivity contribution < 1.29 is 22.7 Å². The van der Waals surface area contributed by atoms with E-state index in [1.165, 1.54) is 42.7 Å². The molecule has 12 heteroatoms. The van der Waals surface area contributed by atoms with Crippen LogP contribution in [-0.2, 0) is 14.8 Å². The highest BCUT2D eigenvalue weighted by Crippen LogP contribution is 2.32. The zero-order valence-electron chi connectivity index (χ0n) is 19.8. The molecule has 3 aromatic carbocycles. The molecule has 3 N–H and O–H groups in total. The summed E-state index contributed by atoms with van der Waals surface area (Å²) in [4.78, 5) is 17.1. The van der Waals surface area contributed by atoms with Crippen molar-refractivity contribution in [2.24, 2.45) is 0 Å². The van der Waals surface area contributed by atoms with Crippen molar-refractivity contribution in [1.82, 2.24) is 4.98 Å². The summed E-state index contributed by atoms with van der Waals surface area (Å²) in [6.07, 6.45) is 0. The molecule has 1 aromatic heterocycles. The number of anilines is 3. The summed E-state index contributed by atoms with van der Waals surface area (Å²) >= 11 is 7.31. The molecule has 37 heavy (non-hydrogen) atoms. The monoisotopic (exact) mass is 558 g/mol. The topological polar surface area (TPSA) is 119 Å². The van der Waals surface area contributed by atoms with E-state index in [0.717, 1.165) is 16.4 Å². The second-order valence-corrected chi connectivity index (χ2v) is 10.6. The van der Waals surface area contributed by atoms with Crippen LogP contribution in [0.15, 0.2) is 77.0 Å². The predicted molar refractivity (Wildman–Crippen MR) is 146 cm³/mol. The van der Waals surface area contributed by atoms with Crippen LogP contribution in [0.1, 0.15) is 0 Å². The van der Waals surface area contributed by atoms with Crippen LogP contribution >= 0.6 is 22.9 Å². The molecule has 9 nitrogen and oxygen atoms in total. The number of methoxy groups -OCH3 is 1. The molecule has 0 radical (unpaired) electrons. The van der Waals surface area contributed by atoms with Gasteiger partial charge in [-0.1, -0.05) is 11.6 Å². The molecule has 0 fully saturated rings. The zero-order valence-corrected chi connectivity index (χ0v) is 22.2. The Bertz CT molecular complexity index is 1490. The predicted octanol–water partition coefficient (Wildman–Crippen LogP) is 5.33. The molecule has 1 heterocycles. The number of benzene rings is 3. The Labute approximate surface area is 223 Å². The number of amides is 1. The quantitative estimate of drug-likeness (QED) is 0.241. The maximum Gasteiger partial charge on any atom is 0.262 e. The lowest BCUT2D eigenvalue weighted by molar-refractivity contribution is -0.118. The number of nitrogens with one attached hydrogen (secondary N) is 3. The molecule has 192 valence electrons. The average Bonchev–Trinajstić information content (AvgIpc) is 3.38. The third-order valence-electron chi connectivity index (χ3n) is 5.09. The van der Waals surface area contributed by atoms with E-state index in [0.29, 0.717) is 27.9 Å². The van der Waals surface area contributed by atoms with Gasteiger partial charge in [-0.3, -0.25) is 9.52 Å². The number of carbonyl (C=O) groups is 1. The number of rotatable bonds is 10. The average molecular weight is 559 g/mol. The van der Waals surface area contributed by atoms with Crippen LogP contribution in [-0.4, -0.2) is 40.1 Å². The number of hydrogen-bond acceptors (Lipinski definition) is 8. The van der Waals surface area contributed by atoms with Gasteiger partial charge in [0.25, 0.3) is 15.9 Å². The molecule has 0 aliphatic heterocycles. The first-order valence-electron chi connectivity index (χ1n) is 10.9. The summed E-state index contributed by atoms with van der Waals surface area (Å²) in [6.45, 7) is -0.289. The molecule has 4 rings (SSSR count). The number of ether oxygens (including phenoxy) is 2. The van der Waals surface area contributed by atoms with Gasteiger partial charge in [-0.15, -0.1) is 11.3 Å². The van der Waals surface area contributed by atoms with Crippen LogP contribution in [0.2, 0.25) is 5.02 Å². The Morgan fingerprint density at radius 1 is 1.05 bits per heavy atom. The van der Waals surface area contributed by atoms with Gasteiger partial charge in [0.05, 0.1) is 23.4 Å². The van der Waals surface area contributed by atoms with E-state index in [9.17, 15) is 13.2 Å². The number of aromatic nitrogens is 1. The summed E-state index contributed by atoms with van der Waals surface area (Å²) in [6, 6.07) is 17.4. The molecule has 0 atom stereocenters. The molecule has 0 bridgehead atoms. The van der Waals surface area contributed by atoms with Gasteiger partial charge >= 0.3 is 0 Å². The lowest BCUT2D eigenvalue weighted by Gasteiger charge is -2.13. The maximum atomic E-state index is 12.6. The lowest BCUT2D eigenvalue weighted by Crippen LogP contribution is -2.20. The highest BCUT2D eigenvalue weighted by Gasteiger charge is 2.15. The van der Waals surface area contributed by atoms with Gasteiger partial charge in [0.1, 0.15) is 11.5 Å². The van der Waals surface area contributed by atoms with E-state index in [2.05, 4.69) is 20.3 Å². The minimum atomic E-state index is -3.80. The fourth-order valence-electron chi connectivity index (χ4n) is 3.27. The van der Waals surface area contributed by atoms with E-state index < -0.39 is 15.9 Å². The Balaban J connectivity index is 1.38. The van der Waals surface area contributed by atoms with E-state index >= 15 is 0 Å². The van der Waals surface area contributed by atoms with E-state index in [1.54, 1.807) is 43.4 Å². The molecule has 0 saturated heterocycles. The smallest absolute Gasteiger partial charge is 0.262 e. The molecule has 0 aliphatic carbocycles. The molecule has 1 amide bonds. The minimum Gasteiger partial charge on any atom is -0.495 e. The van der Waals surface area contributed by atoms with Crippen LogP contribution in [0, 0.1) is 0 Å². The van der Waals surface area contributed by atoms with Crippen molar-refractivity contribution in [3.8, 4) is 22.8 Å². The van der Waals surface area contributed by atoms with Crippen molar-refractivity contribution >= 4 is 55.4 Å². The Hall–Kier alpha value is -3.80. The molecule has 0 unspecified atom stereocenters. The molecular formula is C25H23ClN4O5S2. The summed E-state index contributed by atoms with van der Waals surface area (Å²) in [5.41, 5.74) is 2.45. The van der Waals surface area contributed by atoms with Crippen molar-refractivity contribution in [3.05, 3.63) is 77.1 Å². The first kappa shape index (κ1) is 26.3. The van der Waals surface area contributed by atoms with Crippen LogP contribution in [0.5, 0.6) is 11.5 Å². The van der Waals surface area contributed by atoms with Gasteiger partial charge in [-0.25, -0.2) is 13.4 Å². The van der Waals surface area contributed by atoms with Gasteiger partial charge in [0.15, 0.2) is 11.7 Å². The normalized spacial score (nSPS) is 11.0. The van der Waals surface area contributed by atoms with Crippen molar-refractivity contribution in [1.29, 1.82) is 0 Å². The number of nitrogens with zero attached hydrogens (tertiary/aromatic N) is 1. The van der Waals surface area contributed by atoms with Crippen molar-refractivity contribution in [2.45, 2.75) is 4.90 Å². The summed E-state index contributed by atoms with van der Waals surface area (Å²) in [7, 11) is -0.487. The highest BCUT2D eigenvalue weighted by atomic mass is 35.5. The summed E-state index contributed by atoms with van der Waals surface area (Å²) in [5, 5.41) is 8.98. The van der Waals surface area contributed by atoms with Gasteiger partial charge in [0, 0.05) is 28.7 Å². The lowest BCUT2D eigenvalue weighted by atomic mass is 10.1. The molecule has 0 saturated carbocycles. The van der Waals surface area contributed by atoms with E-state index in [1.807, 2.05) is 11.4 Å². The highest BCUT2D eigenvalue weighted by molar-refractivity contribution is 7.92. The first-order chi connectivity index (χ1) is 17.8. The fourth-order valence-corrected chi connectivity index (χ4v) is 5.13. The second kappa shape index (κ2) is 11.5. The third-order valence-corrected chi connectivity index (χ3v) is 7.60. The maximum absolute atomic E-state index is 12.6. The molecule has 0 aliphatic rings. The molecule has 0 spiro atoms. The SMILES string of the molecule is CNc1nc(-c2ccc(OC)c(NC(=O)COc3ccc(S(=O)(=O)Nc4ccc(Cl)cc4)cc3)c2)cs1. The Morgan fingerprint density at radius 2 is 1.78 bits per heavy atom. The van der Waals surface area contributed by atoms with Crippen LogP contribution < -0.4 is 24.8 Å². The zero-order chi connectivity index (χ0) is 26.4. The summed E-state index contributed by atoms with van der Waals surface area (Å²) < 4.78 is 38.6. The van der Waals surface area contributed by atoms with Gasteiger partial charge in [-0.05, 0) is 66.7 Å². The Kier molecular flexibility index (Phi) is 8.17. The fraction of sp³-hybridized carbons (Fsp3) is 0.120. The minimum absolute atomic E-state index is 0.0456. The number of sulfonamides is 1. The largest absolute Gasteiger partial charge is 0.495 e. The molecular weight excluding hydrogens is 536 g/mol. The van der Waals surface area contributed by atoms with E-state index in [-0.39, 0.29) is 11.5 Å². The Morgan fingerprint density at radius 3 is 2.43 bits per heavy atom. The number of hydrogen-bond donors (Lipinski definition) is 3. The summed E-state index contributed by atoms with van der Waals surface area (Å²) in [5.74, 6) is 0.415. The molecule has 4 aromatic rings. The van der Waals surface area contributed by atoms with Crippen LogP contribution in [0.25, 0.3) is 11.3 Å². The standard InChI is InChI=1S/C25H23ClN4O5S2/c1-27-25-29-22(15-36-25)16-3-12-23(34-2)21(13-16)28-24(31)14-35-19-8-10-20(11-9-19)37(32,33)30-18-6-4-17(26)5-7-18/h3-13,15,30H,14H2,1-2H3,(H,27,29)(H,28,31). The van der Waals surface area contributed by atoms with Crippen molar-refractivity contribution in [2.75, 3.05) is 36.1 Å². The van der Waals surface area contributed by atoms with Crippen LogP contribution in [0.4, 0.5) is 16.5 Å². The number of halogens is 1. The first-order valence-corrected chi connectivity index (χ1v) is 13.6. The van der Waals surface area contributed by atoms with Gasteiger partial charge in [-0.2, -0.15) is 0 Å². The van der Waals surface area contributed by atoms with Gasteiger partial charge in [0.2, 0.25) is 0 Å². The van der Waals surface area contributed by atoms with Crippen molar-refractivity contribution in [3.63, 3.8) is 0 Å². The van der Waals surface area contributed by atoms with Crippen LogP contribution in [0.3, 0.4) is 0 Å². The number of carbonyl (C=O) groups excluding carboxylic acids is 1. The third kappa shape index (κ3) is 6.70. The number of thiazole rings is 1. The second-order valence-electron chi connectivity index (χ2n) is 7.62. The van der Waals surface area contributed by atoms with E-state index in [4.69, 9.17) is 21.1 Å².